The normalized spacial score (nSPS) is 10.4. The average molecular weight is 419 g/mol. The third kappa shape index (κ3) is 5.45. The van der Waals surface area contributed by atoms with E-state index in [9.17, 15) is 19.7 Å². The molecule has 0 saturated carbocycles. The maximum absolute atomic E-state index is 12.6. The van der Waals surface area contributed by atoms with Gasteiger partial charge in [-0.3, -0.25) is 14.9 Å². The van der Waals surface area contributed by atoms with Crippen molar-refractivity contribution in [2.24, 2.45) is 0 Å². The minimum absolute atomic E-state index is 0.0211. The molecule has 0 aliphatic heterocycles. The van der Waals surface area contributed by atoms with E-state index in [1.165, 1.54) is 12.1 Å². The van der Waals surface area contributed by atoms with Crippen LogP contribution < -0.4 is 10.6 Å². The molecule has 0 atom stereocenters. The Morgan fingerprint density at radius 3 is 2.06 bits per heavy atom. The number of carbonyl (C=O) groups excluding carboxylic acids is 2. The van der Waals surface area contributed by atoms with Crippen LogP contribution in [0.4, 0.5) is 11.4 Å². The van der Waals surface area contributed by atoms with E-state index in [-0.39, 0.29) is 11.3 Å². The summed E-state index contributed by atoms with van der Waals surface area (Å²) in [7, 11) is 1.58. The molecule has 3 rings (SSSR count). The largest absolute Gasteiger partial charge is 0.452 e. The number of hydrogen-bond acceptors (Lipinski definition) is 6. The highest BCUT2D eigenvalue weighted by atomic mass is 16.6. The van der Waals surface area contributed by atoms with Crippen molar-refractivity contribution in [3.63, 3.8) is 0 Å². The van der Waals surface area contributed by atoms with Gasteiger partial charge in [0.1, 0.15) is 0 Å². The van der Waals surface area contributed by atoms with Gasteiger partial charge in [-0.25, -0.2) is 4.79 Å². The highest BCUT2D eigenvalue weighted by Gasteiger charge is 2.20. The van der Waals surface area contributed by atoms with Crippen LogP contribution in [0, 0.1) is 10.1 Å². The Balaban J connectivity index is 1.72. The van der Waals surface area contributed by atoms with Crippen LogP contribution in [0.5, 0.6) is 0 Å². The van der Waals surface area contributed by atoms with Gasteiger partial charge in [-0.15, -0.1) is 0 Å². The number of carbonyl (C=O) groups is 2. The van der Waals surface area contributed by atoms with E-state index in [0.717, 1.165) is 17.2 Å². The van der Waals surface area contributed by atoms with Gasteiger partial charge < -0.3 is 15.4 Å². The second-order valence-corrected chi connectivity index (χ2v) is 6.64. The van der Waals surface area contributed by atoms with Crippen LogP contribution in [-0.2, 0) is 9.53 Å². The number of non-ortho nitro benzene ring substituents is 1. The zero-order valence-corrected chi connectivity index (χ0v) is 16.8. The molecule has 31 heavy (non-hydrogen) atoms. The summed E-state index contributed by atoms with van der Waals surface area (Å²) in [5.74, 6) is -1.33. The minimum Gasteiger partial charge on any atom is -0.452 e. The number of nitro benzene ring substituents is 1. The van der Waals surface area contributed by atoms with Crippen molar-refractivity contribution < 1.29 is 19.2 Å². The van der Waals surface area contributed by atoms with Crippen LogP contribution in [0.1, 0.15) is 27.5 Å². The Morgan fingerprint density at radius 1 is 0.968 bits per heavy atom. The molecule has 1 amide bonds. The lowest BCUT2D eigenvalue weighted by Gasteiger charge is -2.20. The molecule has 3 aromatic carbocycles. The summed E-state index contributed by atoms with van der Waals surface area (Å²) >= 11 is 0. The molecule has 0 aliphatic rings. The van der Waals surface area contributed by atoms with Crippen LogP contribution in [-0.4, -0.2) is 30.5 Å². The number of nitro groups is 1. The number of benzene rings is 3. The number of hydrogen-bond donors (Lipinski definition) is 2. The number of amides is 1. The van der Waals surface area contributed by atoms with Gasteiger partial charge in [0.25, 0.3) is 11.6 Å². The van der Waals surface area contributed by atoms with E-state index in [1.807, 2.05) is 60.7 Å². The Labute approximate surface area is 179 Å². The predicted octanol–water partition coefficient (Wildman–Crippen LogP) is 3.70. The van der Waals surface area contributed by atoms with Crippen LogP contribution >= 0.6 is 0 Å². The summed E-state index contributed by atoms with van der Waals surface area (Å²) in [4.78, 5) is 35.4. The SMILES string of the molecule is CNc1ccc([N+](=O)[O-])cc1C(=O)OCC(=O)NC(c1ccccc1)c1ccccc1. The van der Waals surface area contributed by atoms with Crippen molar-refractivity contribution in [1.29, 1.82) is 0 Å². The molecule has 0 fully saturated rings. The first-order chi connectivity index (χ1) is 15.0. The number of nitrogens with zero attached hydrogens (tertiary/aromatic N) is 1. The highest BCUT2D eigenvalue weighted by molar-refractivity contribution is 5.97. The molecule has 0 saturated heterocycles. The molecule has 8 heteroatoms. The molecule has 0 aliphatic carbocycles. The Kier molecular flexibility index (Phi) is 6.95. The van der Waals surface area contributed by atoms with Crippen LogP contribution in [0.15, 0.2) is 78.9 Å². The lowest BCUT2D eigenvalue weighted by Crippen LogP contribution is -2.33. The van der Waals surface area contributed by atoms with Gasteiger partial charge in [0, 0.05) is 24.9 Å². The predicted molar refractivity (Wildman–Crippen MR) is 116 cm³/mol. The molecule has 8 nitrogen and oxygen atoms in total. The highest BCUT2D eigenvalue weighted by Crippen LogP contribution is 2.23. The Bertz CT molecular complexity index is 1030. The summed E-state index contributed by atoms with van der Waals surface area (Å²) < 4.78 is 5.13. The number of ether oxygens (including phenoxy) is 1. The van der Waals surface area contributed by atoms with Gasteiger partial charge in [-0.1, -0.05) is 60.7 Å². The second kappa shape index (κ2) is 10.0. The molecule has 0 aromatic heterocycles. The molecule has 0 unspecified atom stereocenters. The molecule has 158 valence electrons. The van der Waals surface area contributed by atoms with Crippen molar-refractivity contribution in [2.75, 3.05) is 19.0 Å². The van der Waals surface area contributed by atoms with Gasteiger partial charge >= 0.3 is 5.97 Å². The maximum Gasteiger partial charge on any atom is 0.341 e. The standard InChI is InChI=1S/C23H21N3O5/c1-24-20-13-12-18(26(29)30)14-19(20)23(28)31-15-21(27)25-22(16-8-4-2-5-9-16)17-10-6-3-7-11-17/h2-14,22,24H,15H2,1H3,(H,25,27). The Hall–Kier alpha value is -4.20. The fourth-order valence-corrected chi connectivity index (χ4v) is 3.09. The van der Waals surface area contributed by atoms with Crippen LogP contribution in [0.2, 0.25) is 0 Å². The third-order valence-electron chi connectivity index (χ3n) is 4.61. The lowest BCUT2D eigenvalue weighted by atomic mass is 9.99. The average Bonchev–Trinajstić information content (AvgIpc) is 2.81. The van der Waals surface area contributed by atoms with E-state index in [0.29, 0.717) is 5.69 Å². The monoisotopic (exact) mass is 419 g/mol. The van der Waals surface area contributed by atoms with E-state index in [2.05, 4.69) is 10.6 Å². The zero-order chi connectivity index (χ0) is 22.2. The molecule has 0 heterocycles. The topological polar surface area (TPSA) is 111 Å². The maximum atomic E-state index is 12.6. The van der Waals surface area contributed by atoms with Crippen LogP contribution in [0.3, 0.4) is 0 Å². The van der Waals surface area contributed by atoms with Gasteiger partial charge in [0.15, 0.2) is 6.61 Å². The molecule has 2 N–H and O–H groups in total. The molecule has 3 aromatic rings. The first-order valence-corrected chi connectivity index (χ1v) is 9.52. The van der Waals surface area contributed by atoms with Crippen molar-refractivity contribution >= 4 is 23.3 Å². The van der Waals surface area contributed by atoms with Gasteiger partial charge in [-0.05, 0) is 17.2 Å². The summed E-state index contributed by atoms with van der Waals surface area (Å²) in [5, 5.41) is 16.7. The first-order valence-electron chi connectivity index (χ1n) is 9.52. The molecular weight excluding hydrogens is 398 g/mol. The summed E-state index contributed by atoms with van der Waals surface area (Å²) in [6.45, 7) is -0.527. The fourth-order valence-electron chi connectivity index (χ4n) is 3.09. The fraction of sp³-hybridized carbons (Fsp3) is 0.130. The van der Waals surface area contributed by atoms with Crippen molar-refractivity contribution in [1.82, 2.24) is 5.32 Å². The molecular formula is C23H21N3O5. The number of anilines is 1. The van der Waals surface area contributed by atoms with E-state index in [1.54, 1.807) is 7.05 Å². The van der Waals surface area contributed by atoms with Gasteiger partial charge in [0.05, 0.1) is 16.5 Å². The van der Waals surface area contributed by atoms with Crippen LogP contribution in [0.25, 0.3) is 0 Å². The van der Waals surface area contributed by atoms with Crippen molar-refractivity contribution in [3.8, 4) is 0 Å². The number of nitrogens with one attached hydrogen (secondary N) is 2. The molecule has 0 bridgehead atoms. The summed E-state index contributed by atoms with van der Waals surface area (Å²) in [6.07, 6.45) is 0. The van der Waals surface area contributed by atoms with E-state index < -0.39 is 29.4 Å². The second-order valence-electron chi connectivity index (χ2n) is 6.64. The molecule has 0 radical (unpaired) electrons. The Morgan fingerprint density at radius 2 is 1.55 bits per heavy atom. The lowest BCUT2D eigenvalue weighted by molar-refractivity contribution is -0.384. The summed E-state index contributed by atoms with van der Waals surface area (Å²) in [6, 6.07) is 22.2. The van der Waals surface area contributed by atoms with Gasteiger partial charge in [0.2, 0.25) is 0 Å². The van der Waals surface area contributed by atoms with E-state index >= 15 is 0 Å². The van der Waals surface area contributed by atoms with Gasteiger partial charge in [-0.2, -0.15) is 0 Å². The minimum atomic E-state index is -0.834. The quantitative estimate of drug-likeness (QED) is 0.327. The smallest absolute Gasteiger partial charge is 0.341 e. The summed E-state index contributed by atoms with van der Waals surface area (Å²) in [5.41, 5.74) is 1.85. The number of esters is 1. The van der Waals surface area contributed by atoms with Crippen molar-refractivity contribution in [3.05, 3.63) is 106 Å². The number of rotatable bonds is 8. The zero-order valence-electron chi connectivity index (χ0n) is 16.8. The third-order valence-corrected chi connectivity index (χ3v) is 4.61. The van der Waals surface area contributed by atoms with Crippen molar-refractivity contribution in [2.45, 2.75) is 6.04 Å². The van der Waals surface area contributed by atoms with E-state index in [4.69, 9.17) is 4.74 Å². The first kappa shape index (κ1) is 21.5. The molecule has 0 spiro atoms.